The molecule has 102 valence electrons. The molecule has 1 fully saturated rings. The van der Waals surface area contributed by atoms with Gasteiger partial charge in [-0.25, -0.2) is 0 Å². The van der Waals surface area contributed by atoms with Crippen LogP contribution in [0.2, 0.25) is 0 Å². The summed E-state index contributed by atoms with van der Waals surface area (Å²) in [5, 5.41) is 0. The SMILES string of the molecule is CC(C)CN(CC1(N)CCCC(C)C1)C(C)C. The van der Waals surface area contributed by atoms with Gasteiger partial charge < -0.3 is 5.73 Å². The third kappa shape index (κ3) is 4.97. The van der Waals surface area contributed by atoms with Gasteiger partial charge in [0.2, 0.25) is 0 Å². The summed E-state index contributed by atoms with van der Waals surface area (Å²) in [6.07, 6.45) is 5.09. The van der Waals surface area contributed by atoms with Gasteiger partial charge in [-0.1, -0.05) is 33.6 Å². The third-order valence-electron chi connectivity index (χ3n) is 3.97. The Hall–Kier alpha value is -0.0800. The van der Waals surface area contributed by atoms with Crippen molar-refractivity contribution in [2.75, 3.05) is 13.1 Å². The molecule has 0 aliphatic heterocycles. The molecule has 0 spiro atoms. The maximum absolute atomic E-state index is 6.62. The van der Waals surface area contributed by atoms with E-state index in [-0.39, 0.29) is 5.54 Å². The molecular formula is C15H32N2. The van der Waals surface area contributed by atoms with Crippen molar-refractivity contribution in [2.24, 2.45) is 17.6 Å². The van der Waals surface area contributed by atoms with Crippen LogP contribution in [0.15, 0.2) is 0 Å². The molecule has 2 unspecified atom stereocenters. The van der Waals surface area contributed by atoms with Crippen LogP contribution in [0, 0.1) is 11.8 Å². The van der Waals surface area contributed by atoms with E-state index >= 15 is 0 Å². The second-order valence-electron chi connectivity index (χ2n) is 6.98. The highest BCUT2D eigenvalue weighted by Crippen LogP contribution is 2.31. The van der Waals surface area contributed by atoms with E-state index in [0.29, 0.717) is 6.04 Å². The van der Waals surface area contributed by atoms with Gasteiger partial charge in [-0.05, 0) is 38.5 Å². The van der Waals surface area contributed by atoms with Crippen LogP contribution < -0.4 is 5.73 Å². The van der Waals surface area contributed by atoms with Gasteiger partial charge >= 0.3 is 0 Å². The van der Waals surface area contributed by atoms with Crippen LogP contribution in [0.4, 0.5) is 0 Å². The zero-order chi connectivity index (χ0) is 13.1. The van der Waals surface area contributed by atoms with E-state index in [0.717, 1.165) is 18.4 Å². The Morgan fingerprint density at radius 3 is 2.41 bits per heavy atom. The van der Waals surface area contributed by atoms with Gasteiger partial charge in [0.1, 0.15) is 0 Å². The van der Waals surface area contributed by atoms with Crippen LogP contribution in [-0.2, 0) is 0 Å². The predicted molar refractivity (Wildman–Crippen MR) is 76.1 cm³/mol. The van der Waals surface area contributed by atoms with Crippen LogP contribution in [0.25, 0.3) is 0 Å². The Bertz CT molecular complexity index is 225. The van der Waals surface area contributed by atoms with Crippen LogP contribution >= 0.6 is 0 Å². The molecule has 0 amide bonds. The quantitative estimate of drug-likeness (QED) is 0.799. The molecule has 0 saturated heterocycles. The summed E-state index contributed by atoms with van der Waals surface area (Å²) in [7, 11) is 0. The normalized spacial score (nSPS) is 30.5. The van der Waals surface area contributed by atoms with Crippen molar-refractivity contribution in [3.8, 4) is 0 Å². The first kappa shape index (κ1) is 15.0. The van der Waals surface area contributed by atoms with Crippen molar-refractivity contribution in [2.45, 2.75) is 71.9 Å². The summed E-state index contributed by atoms with van der Waals surface area (Å²) in [5.41, 5.74) is 6.69. The van der Waals surface area contributed by atoms with Gasteiger partial charge in [0.15, 0.2) is 0 Å². The Balaban J connectivity index is 2.58. The van der Waals surface area contributed by atoms with Crippen LogP contribution in [0.5, 0.6) is 0 Å². The fraction of sp³-hybridized carbons (Fsp3) is 1.00. The summed E-state index contributed by atoms with van der Waals surface area (Å²) in [5.74, 6) is 1.53. The fourth-order valence-electron chi connectivity index (χ4n) is 3.18. The molecule has 2 heteroatoms. The number of hydrogen-bond donors (Lipinski definition) is 1. The summed E-state index contributed by atoms with van der Waals surface area (Å²) in [6.45, 7) is 13.8. The summed E-state index contributed by atoms with van der Waals surface area (Å²) in [4.78, 5) is 2.57. The van der Waals surface area contributed by atoms with Crippen molar-refractivity contribution in [1.29, 1.82) is 0 Å². The van der Waals surface area contributed by atoms with Gasteiger partial charge in [-0.15, -0.1) is 0 Å². The Kier molecular flexibility index (Phi) is 5.46. The van der Waals surface area contributed by atoms with Crippen LogP contribution in [0.3, 0.4) is 0 Å². The van der Waals surface area contributed by atoms with E-state index in [1.807, 2.05) is 0 Å². The molecule has 1 saturated carbocycles. The highest BCUT2D eigenvalue weighted by molar-refractivity contribution is 4.93. The van der Waals surface area contributed by atoms with Gasteiger partial charge in [0.05, 0.1) is 0 Å². The molecule has 2 nitrogen and oxygen atoms in total. The number of nitrogens with two attached hydrogens (primary N) is 1. The van der Waals surface area contributed by atoms with Crippen LogP contribution in [0.1, 0.15) is 60.3 Å². The van der Waals surface area contributed by atoms with Crippen molar-refractivity contribution >= 4 is 0 Å². The molecule has 0 aromatic carbocycles. The van der Waals surface area contributed by atoms with Crippen molar-refractivity contribution in [1.82, 2.24) is 4.90 Å². The lowest BCUT2D eigenvalue weighted by Gasteiger charge is -2.42. The molecule has 1 rings (SSSR count). The molecule has 1 aliphatic rings. The highest BCUT2D eigenvalue weighted by Gasteiger charge is 2.33. The molecule has 0 aromatic rings. The number of rotatable bonds is 5. The summed E-state index contributed by atoms with van der Waals surface area (Å²) < 4.78 is 0. The smallest absolute Gasteiger partial charge is 0.0286 e. The predicted octanol–water partition coefficient (Wildman–Crippen LogP) is 3.26. The molecule has 0 radical (unpaired) electrons. The van der Waals surface area contributed by atoms with Gasteiger partial charge in [0.25, 0.3) is 0 Å². The van der Waals surface area contributed by atoms with E-state index < -0.39 is 0 Å². The number of hydrogen-bond acceptors (Lipinski definition) is 2. The molecule has 0 heterocycles. The average molecular weight is 240 g/mol. The summed E-state index contributed by atoms with van der Waals surface area (Å²) >= 11 is 0. The van der Waals surface area contributed by atoms with E-state index in [9.17, 15) is 0 Å². The van der Waals surface area contributed by atoms with Crippen LogP contribution in [-0.4, -0.2) is 29.6 Å². The first-order valence-electron chi connectivity index (χ1n) is 7.35. The molecule has 0 bridgehead atoms. The standard InChI is InChI=1S/C15H32N2/c1-12(2)10-17(13(3)4)11-15(16)8-6-7-14(5)9-15/h12-14H,6-11,16H2,1-5H3. The maximum Gasteiger partial charge on any atom is 0.0286 e. The average Bonchev–Trinajstić information content (AvgIpc) is 2.14. The molecule has 0 aromatic heterocycles. The largest absolute Gasteiger partial charge is 0.324 e. The first-order chi connectivity index (χ1) is 7.82. The second-order valence-corrected chi connectivity index (χ2v) is 6.98. The van der Waals surface area contributed by atoms with Gasteiger partial charge in [0, 0.05) is 24.7 Å². The minimum Gasteiger partial charge on any atom is -0.324 e. The van der Waals surface area contributed by atoms with Crippen molar-refractivity contribution < 1.29 is 0 Å². The Labute approximate surface area is 108 Å². The minimum absolute atomic E-state index is 0.0663. The summed E-state index contributed by atoms with van der Waals surface area (Å²) in [6, 6.07) is 0.607. The first-order valence-corrected chi connectivity index (χ1v) is 7.35. The monoisotopic (exact) mass is 240 g/mol. The fourth-order valence-corrected chi connectivity index (χ4v) is 3.18. The lowest BCUT2D eigenvalue weighted by atomic mass is 9.76. The molecule has 1 aliphatic carbocycles. The topological polar surface area (TPSA) is 29.3 Å². The van der Waals surface area contributed by atoms with Gasteiger partial charge in [-0.3, -0.25) is 4.90 Å². The lowest BCUT2D eigenvalue weighted by molar-refractivity contribution is 0.116. The van der Waals surface area contributed by atoms with E-state index in [4.69, 9.17) is 5.73 Å². The van der Waals surface area contributed by atoms with Crippen molar-refractivity contribution in [3.63, 3.8) is 0 Å². The third-order valence-corrected chi connectivity index (χ3v) is 3.97. The lowest BCUT2D eigenvalue weighted by Crippen LogP contribution is -2.54. The van der Waals surface area contributed by atoms with E-state index in [2.05, 4.69) is 39.5 Å². The highest BCUT2D eigenvalue weighted by atomic mass is 15.2. The molecule has 2 atom stereocenters. The Morgan fingerprint density at radius 1 is 1.29 bits per heavy atom. The second kappa shape index (κ2) is 6.19. The minimum atomic E-state index is 0.0663. The number of nitrogens with zero attached hydrogens (tertiary/aromatic N) is 1. The van der Waals surface area contributed by atoms with E-state index in [1.165, 1.54) is 32.2 Å². The Morgan fingerprint density at radius 2 is 1.94 bits per heavy atom. The van der Waals surface area contributed by atoms with Crippen molar-refractivity contribution in [3.05, 3.63) is 0 Å². The van der Waals surface area contributed by atoms with Gasteiger partial charge in [-0.2, -0.15) is 0 Å². The zero-order valence-corrected chi connectivity index (χ0v) is 12.5. The molecular weight excluding hydrogens is 208 g/mol. The molecule has 2 N–H and O–H groups in total. The molecule has 17 heavy (non-hydrogen) atoms. The zero-order valence-electron chi connectivity index (χ0n) is 12.5. The van der Waals surface area contributed by atoms with E-state index in [1.54, 1.807) is 0 Å². The maximum atomic E-state index is 6.62.